The molecule has 0 saturated carbocycles. The smallest absolute Gasteiger partial charge is 0.339 e. The van der Waals surface area contributed by atoms with Gasteiger partial charge >= 0.3 is 16.1 Å². The van der Waals surface area contributed by atoms with E-state index in [0.29, 0.717) is 5.56 Å². The van der Waals surface area contributed by atoms with E-state index in [9.17, 15) is 13.2 Å². The Labute approximate surface area is 148 Å². The lowest BCUT2D eigenvalue weighted by Gasteiger charge is -2.22. The van der Waals surface area contributed by atoms with Gasteiger partial charge in [-0.3, -0.25) is 4.79 Å². The fourth-order valence-electron chi connectivity index (χ4n) is 2.12. The highest BCUT2D eigenvalue weighted by Gasteiger charge is 2.24. The largest absolute Gasteiger partial charge is 0.460 e. The van der Waals surface area contributed by atoms with Crippen molar-refractivity contribution in [3.63, 3.8) is 0 Å². The van der Waals surface area contributed by atoms with E-state index < -0.39 is 21.6 Å². The quantitative estimate of drug-likeness (QED) is 0.596. The van der Waals surface area contributed by atoms with Crippen LogP contribution in [0.5, 0.6) is 5.75 Å². The Hall–Kier alpha value is -2.34. The number of esters is 1. The minimum absolute atomic E-state index is 0.0700. The molecule has 0 aliphatic rings. The van der Waals surface area contributed by atoms with Crippen molar-refractivity contribution in [1.82, 2.24) is 0 Å². The van der Waals surface area contributed by atoms with E-state index in [2.05, 4.69) is 0 Å². The lowest BCUT2D eigenvalue weighted by molar-refractivity contribution is -0.156. The first-order valence-corrected chi connectivity index (χ1v) is 9.32. The molecule has 0 amide bonds. The van der Waals surface area contributed by atoms with Crippen LogP contribution < -0.4 is 4.18 Å². The second-order valence-electron chi connectivity index (χ2n) is 6.68. The van der Waals surface area contributed by atoms with Gasteiger partial charge in [0.1, 0.15) is 16.2 Å². The Bertz CT molecular complexity index is 836. The average molecular weight is 362 g/mol. The molecule has 2 rings (SSSR count). The molecule has 6 heteroatoms. The third-order valence-corrected chi connectivity index (χ3v) is 4.62. The maximum absolute atomic E-state index is 12.3. The summed E-state index contributed by atoms with van der Waals surface area (Å²) in [5.41, 5.74) is 0.0332. The molecule has 0 radical (unpaired) electrons. The Morgan fingerprint density at radius 2 is 1.64 bits per heavy atom. The highest BCUT2D eigenvalue weighted by Crippen LogP contribution is 2.25. The molecule has 0 bridgehead atoms. The summed E-state index contributed by atoms with van der Waals surface area (Å²) in [6, 6.07) is 14.3. The molecule has 0 saturated heterocycles. The van der Waals surface area contributed by atoms with E-state index in [1.165, 1.54) is 24.3 Å². The van der Waals surface area contributed by atoms with E-state index in [-0.39, 0.29) is 16.6 Å². The van der Waals surface area contributed by atoms with Gasteiger partial charge in [0.2, 0.25) is 0 Å². The van der Waals surface area contributed by atoms with Gasteiger partial charge in [-0.2, -0.15) is 8.42 Å². The van der Waals surface area contributed by atoms with Crippen LogP contribution in [0.2, 0.25) is 0 Å². The molecule has 134 valence electrons. The number of carbonyl (C=O) groups is 1. The van der Waals surface area contributed by atoms with Crippen LogP contribution in [0.25, 0.3) is 0 Å². The summed E-state index contributed by atoms with van der Waals surface area (Å²) >= 11 is 0. The molecule has 0 aromatic heterocycles. The highest BCUT2D eigenvalue weighted by molar-refractivity contribution is 7.87. The summed E-state index contributed by atoms with van der Waals surface area (Å²) < 4.78 is 35.1. The standard InChI is InChI=1S/C19H22O5S/c1-14(18(20)23-19(2,3)4)15-9-8-10-16(13-15)24-25(21,22)17-11-6-5-7-12-17/h5-14H,1-4H3. The van der Waals surface area contributed by atoms with Crippen molar-refractivity contribution in [3.05, 3.63) is 60.2 Å². The lowest BCUT2D eigenvalue weighted by Crippen LogP contribution is -2.26. The van der Waals surface area contributed by atoms with Gasteiger partial charge in [-0.15, -0.1) is 0 Å². The van der Waals surface area contributed by atoms with Crippen LogP contribution in [-0.4, -0.2) is 20.0 Å². The monoisotopic (exact) mass is 362 g/mol. The minimum Gasteiger partial charge on any atom is -0.460 e. The van der Waals surface area contributed by atoms with Crippen LogP contribution >= 0.6 is 0 Å². The van der Waals surface area contributed by atoms with E-state index in [0.717, 1.165) is 0 Å². The number of ether oxygens (including phenoxy) is 1. The first-order chi connectivity index (χ1) is 11.6. The fourth-order valence-corrected chi connectivity index (χ4v) is 3.07. The van der Waals surface area contributed by atoms with Crippen molar-refractivity contribution in [3.8, 4) is 5.75 Å². The highest BCUT2D eigenvalue weighted by atomic mass is 32.2. The van der Waals surface area contributed by atoms with Gasteiger partial charge in [0.25, 0.3) is 0 Å². The van der Waals surface area contributed by atoms with Gasteiger partial charge in [0.15, 0.2) is 0 Å². The van der Waals surface area contributed by atoms with Crippen LogP contribution in [0.3, 0.4) is 0 Å². The Balaban J connectivity index is 2.20. The maximum atomic E-state index is 12.3. The molecule has 0 spiro atoms. The zero-order valence-corrected chi connectivity index (χ0v) is 15.5. The van der Waals surface area contributed by atoms with Crippen molar-refractivity contribution in [2.75, 3.05) is 0 Å². The van der Waals surface area contributed by atoms with E-state index in [1.807, 2.05) is 0 Å². The first-order valence-electron chi connectivity index (χ1n) is 7.91. The molecule has 1 unspecified atom stereocenters. The van der Waals surface area contributed by atoms with E-state index >= 15 is 0 Å². The van der Waals surface area contributed by atoms with Crippen molar-refractivity contribution < 1.29 is 22.1 Å². The molecule has 0 N–H and O–H groups in total. The van der Waals surface area contributed by atoms with Gasteiger partial charge in [-0.25, -0.2) is 0 Å². The Kier molecular flexibility index (Phi) is 5.52. The van der Waals surface area contributed by atoms with Crippen LogP contribution in [0.1, 0.15) is 39.2 Å². The average Bonchev–Trinajstić information content (AvgIpc) is 2.53. The van der Waals surface area contributed by atoms with Crippen LogP contribution in [0.4, 0.5) is 0 Å². The number of rotatable bonds is 5. The number of benzene rings is 2. The van der Waals surface area contributed by atoms with Crippen LogP contribution in [-0.2, 0) is 19.6 Å². The zero-order valence-electron chi connectivity index (χ0n) is 14.7. The van der Waals surface area contributed by atoms with Gasteiger partial charge in [0.05, 0.1) is 5.92 Å². The lowest BCUT2D eigenvalue weighted by atomic mass is 10.0. The number of hydrogen-bond acceptors (Lipinski definition) is 5. The van der Waals surface area contributed by atoms with E-state index in [1.54, 1.807) is 58.0 Å². The van der Waals surface area contributed by atoms with Crippen molar-refractivity contribution >= 4 is 16.1 Å². The molecular weight excluding hydrogens is 340 g/mol. The second kappa shape index (κ2) is 7.27. The predicted molar refractivity (Wildman–Crippen MR) is 95.0 cm³/mol. The summed E-state index contributed by atoms with van der Waals surface area (Å²) in [7, 11) is -3.92. The normalized spacial score (nSPS) is 13.1. The maximum Gasteiger partial charge on any atom is 0.339 e. The third kappa shape index (κ3) is 5.32. The van der Waals surface area contributed by atoms with Crippen LogP contribution in [0, 0.1) is 0 Å². The predicted octanol–water partition coefficient (Wildman–Crippen LogP) is 3.90. The SMILES string of the molecule is CC(C(=O)OC(C)(C)C)c1cccc(OS(=O)(=O)c2ccccc2)c1. The molecule has 2 aromatic carbocycles. The fraction of sp³-hybridized carbons (Fsp3) is 0.316. The van der Waals surface area contributed by atoms with Crippen LogP contribution in [0.15, 0.2) is 59.5 Å². The van der Waals surface area contributed by atoms with Gasteiger partial charge < -0.3 is 8.92 Å². The van der Waals surface area contributed by atoms with Crippen molar-refractivity contribution in [2.24, 2.45) is 0 Å². The molecule has 0 fully saturated rings. The summed E-state index contributed by atoms with van der Waals surface area (Å²) in [6.45, 7) is 7.09. The molecule has 0 aliphatic carbocycles. The van der Waals surface area contributed by atoms with Gasteiger partial charge in [-0.05, 0) is 57.5 Å². The summed E-state index contributed by atoms with van der Waals surface area (Å²) in [6.07, 6.45) is 0. The van der Waals surface area contributed by atoms with E-state index in [4.69, 9.17) is 8.92 Å². The third-order valence-electron chi connectivity index (χ3n) is 3.36. The number of carbonyl (C=O) groups excluding carboxylic acids is 1. The topological polar surface area (TPSA) is 69.7 Å². The molecular formula is C19H22O5S. The summed E-state index contributed by atoms with van der Waals surface area (Å²) in [4.78, 5) is 12.3. The second-order valence-corrected chi connectivity index (χ2v) is 8.22. The Morgan fingerprint density at radius 3 is 2.24 bits per heavy atom. The Morgan fingerprint density at radius 1 is 1.00 bits per heavy atom. The van der Waals surface area contributed by atoms with Gasteiger partial charge in [-0.1, -0.05) is 30.3 Å². The molecule has 1 atom stereocenters. The first kappa shape index (κ1) is 19.0. The van der Waals surface area contributed by atoms with Crippen molar-refractivity contribution in [2.45, 2.75) is 44.1 Å². The summed E-state index contributed by atoms with van der Waals surface area (Å²) in [5.74, 6) is -0.769. The molecule has 0 aliphatic heterocycles. The summed E-state index contributed by atoms with van der Waals surface area (Å²) in [5, 5.41) is 0. The minimum atomic E-state index is -3.92. The zero-order chi connectivity index (χ0) is 18.7. The molecule has 25 heavy (non-hydrogen) atoms. The molecule has 5 nitrogen and oxygen atoms in total. The molecule has 2 aromatic rings. The number of hydrogen-bond donors (Lipinski definition) is 0. The van der Waals surface area contributed by atoms with Crippen molar-refractivity contribution in [1.29, 1.82) is 0 Å². The molecule has 0 heterocycles. The van der Waals surface area contributed by atoms with Gasteiger partial charge in [0, 0.05) is 0 Å².